The van der Waals surface area contributed by atoms with Gasteiger partial charge in [0.15, 0.2) is 0 Å². The van der Waals surface area contributed by atoms with E-state index in [-0.39, 0.29) is 0 Å². The molecule has 0 bridgehead atoms. The summed E-state index contributed by atoms with van der Waals surface area (Å²) >= 11 is 3.49. The standard InChI is InChI=1S/C16H18BrNO/c1-12-9-13(7-8-15(12)17)10-18-11-16(19)14-5-3-2-4-6-14/h2-9,16,18-19H,10-11H2,1H3. The summed E-state index contributed by atoms with van der Waals surface area (Å²) in [5.41, 5.74) is 3.39. The summed E-state index contributed by atoms with van der Waals surface area (Å²) in [6.07, 6.45) is -0.460. The van der Waals surface area contributed by atoms with Crippen molar-refractivity contribution in [1.29, 1.82) is 0 Å². The zero-order valence-electron chi connectivity index (χ0n) is 10.9. The van der Waals surface area contributed by atoms with E-state index in [1.54, 1.807) is 0 Å². The van der Waals surface area contributed by atoms with Gasteiger partial charge in [0, 0.05) is 17.6 Å². The lowest BCUT2D eigenvalue weighted by Gasteiger charge is -2.12. The van der Waals surface area contributed by atoms with Crippen LogP contribution in [0.5, 0.6) is 0 Å². The van der Waals surface area contributed by atoms with Crippen LogP contribution in [0.2, 0.25) is 0 Å². The Hall–Kier alpha value is -1.16. The van der Waals surface area contributed by atoms with Gasteiger partial charge in [-0.2, -0.15) is 0 Å². The van der Waals surface area contributed by atoms with Gasteiger partial charge in [-0.1, -0.05) is 58.4 Å². The fourth-order valence-corrected chi connectivity index (χ4v) is 2.21. The number of hydrogen-bond acceptors (Lipinski definition) is 2. The molecular weight excluding hydrogens is 302 g/mol. The number of benzene rings is 2. The minimum absolute atomic E-state index is 0.460. The van der Waals surface area contributed by atoms with Gasteiger partial charge in [-0.15, -0.1) is 0 Å². The van der Waals surface area contributed by atoms with Crippen LogP contribution in [-0.4, -0.2) is 11.7 Å². The average molecular weight is 320 g/mol. The molecule has 0 aliphatic heterocycles. The normalized spacial score (nSPS) is 12.4. The Bertz CT molecular complexity index is 528. The molecule has 2 rings (SSSR count). The van der Waals surface area contributed by atoms with Gasteiger partial charge >= 0.3 is 0 Å². The van der Waals surface area contributed by atoms with Gasteiger partial charge in [-0.05, 0) is 29.7 Å². The van der Waals surface area contributed by atoms with Crippen molar-refractivity contribution in [2.24, 2.45) is 0 Å². The molecule has 2 nitrogen and oxygen atoms in total. The summed E-state index contributed by atoms with van der Waals surface area (Å²) in [5.74, 6) is 0. The fourth-order valence-electron chi connectivity index (χ4n) is 1.96. The summed E-state index contributed by atoms with van der Waals surface area (Å²) in [7, 11) is 0. The number of aryl methyl sites for hydroxylation is 1. The first-order chi connectivity index (χ1) is 9.16. The number of aliphatic hydroxyl groups is 1. The van der Waals surface area contributed by atoms with Crippen LogP contribution in [0.15, 0.2) is 53.0 Å². The summed E-state index contributed by atoms with van der Waals surface area (Å²) in [5, 5.41) is 13.3. The molecule has 0 saturated heterocycles. The van der Waals surface area contributed by atoms with Crippen molar-refractivity contribution < 1.29 is 5.11 Å². The van der Waals surface area contributed by atoms with E-state index in [2.05, 4.69) is 46.4 Å². The molecule has 19 heavy (non-hydrogen) atoms. The number of hydrogen-bond donors (Lipinski definition) is 2. The Morgan fingerprint density at radius 2 is 1.89 bits per heavy atom. The minimum atomic E-state index is -0.460. The van der Waals surface area contributed by atoms with Crippen molar-refractivity contribution in [1.82, 2.24) is 5.32 Å². The van der Waals surface area contributed by atoms with E-state index in [0.717, 1.165) is 16.6 Å². The molecule has 1 unspecified atom stereocenters. The maximum Gasteiger partial charge on any atom is 0.0914 e. The van der Waals surface area contributed by atoms with Crippen LogP contribution in [0.25, 0.3) is 0 Å². The van der Waals surface area contributed by atoms with Crippen molar-refractivity contribution in [3.63, 3.8) is 0 Å². The molecule has 0 amide bonds. The molecule has 0 radical (unpaired) electrons. The van der Waals surface area contributed by atoms with Gasteiger partial charge in [0.25, 0.3) is 0 Å². The lowest BCUT2D eigenvalue weighted by atomic mass is 10.1. The smallest absolute Gasteiger partial charge is 0.0914 e. The van der Waals surface area contributed by atoms with Crippen LogP contribution in [0.3, 0.4) is 0 Å². The highest BCUT2D eigenvalue weighted by Crippen LogP contribution is 2.17. The zero-order valence-corrected chi connectivity index (χ0v) is 12.5. The monoisotopic (exact) mass is 319 g/mol. The largest absolute Gasteiger partial charge is 0.387 e. The van der Waals surface area contributed by atoms with Gasteiger partial charge in [0.1, 0.15) is 0 Å². The minimum Gasteiger partial charge on any atom is -0.387 e. The Balaban J connectivity index is 1.85. The van der Waals surface area contributed by atoms with Crippen LogP contribution >= 0.6 is 15.9 Å². The quantitative estimate of drug-likeness (QED) is 0.882. The third-order valence-corrected chi connectivity index (χ3v) is 3.96. The van der Waals surface area contributed by atoms with Crippen LogP contribution < -0.4 is 5.32 Å². The summed E-state index contributed by atoms with van der Waals surface area (Å²) in [6, 6.07) is 16.0. The van der Waals surface area contributed by atoms with Crippen LogP contribution in [0.4, 0.5) is 0 Å². The Kier molecular flexibility index (Phi) is 5.14. The van der Waals surface area contributed by atoms with Gasteiger partial charge in [-0.3, -0.25) is 0 Å². The first kappa shape index (κ1) is 14.3. The molecule has 3 heteroatoms. The second-order valence-electron chi connectivity index (χ2n) is 4.64. The zero-order chi connectivity index (χ0) is 13.7. The highest BCUT2D eigenvalue weighted by atomic mass is 79.9. The first-order valence-corrected chi connectivity index (χ1v) is 7.15. The number of nitrogens with one attached hydrogen (secondary N) is 1. The summed E-state index contributed by atoms with van der Waals surface area (Å²) in [6.45, 7) is 3.39. The molecule has 0 aliphatic carbocycles. The van der Waals surface area contributed by atoms with Gasteiger partial charge in [0.05, 0.1) is 6.10 Å². The van der Waals surface area contributed by atoms with Gasteiger partial charge in [0.2, 0.25) is 0 Å². The van der Waals surface area contributed by atoms with Crippen LogP contribution in [-0.2, 0) is 6.54 Å². The second-order valence-corrected chi connectivity index (χ2v) is 5.50. The highest BCUT2D eigenvalue weighted by molar-refractivity contribution is 9.10. The number of rotatable bonds is 5. The molecule has 0 fully saturated rings. The van der Waals surface area contributed by atoms with Gasteiger partial charge in [-0.25, -0.2) is 0 Å². The third kappa shape index (κ3) is 4.16. The van der Waals surface area contributed by atoms with Gasteiger partial charge < -0.3 is 10.4 Å². The molecule has 2 aromatic carbocycles. The lowest BCUT2D eigenvalue weighted by molar-refractivity contribution is 0.174. The van der Waals surface area contributed by atoms with E-state index in [9.17, 15) is 5.11 Å². The topological polar surface area (TPSA) is 32.3 Å². The number of halogens is 1. The van der Waals surface area contributed by atoms with Crippen LogP contribution in [0.1, 0.15) is 22.8 Å². The van der Waals surface area contributed by atoms with E-state index < -0.39 is 6.10 Å². The molecule has 2 aromatic rings. The number of aliphatic hydroxyl groups excluding tert-OH is 1. The van der Waals surface area contributed by atoms with Crippen molar-refractivity contribution in [3.05, 3.63) is 69.7 Å². The lowest BCUT2D eigenvalue weighted by Crippen LogP contribution is -2.21. The molecule has 1 atom stereocenters. The van der Waals surface area contributed by atoms with Crippen molar-refractivity contribution >= 4 is 15.9 Å². The Morgan fingerprint density at radius 3 is 2.58 bits per heavy atom. The summed E-state index contributed by atoms with van der Waals surface area (Å²) in [4.78, 5) is 0. The van der Waals surface area contributed by atoms with E-state index in [1.807, 2.05) is 30.3 Å². The average Bonchev–Trinajstić information content (AvgIpc) is 2.43. The predicted octanol–water partition coefficient (Wildman–Crippen LogP) is 3.58. The molecule has 100 valence electrons. The van der Waals surface area contributed by atoms with Crippen LogP contribution in [0, 0.1) is 6.92 Å². The van der Waals surface area contributed by atoms with Crippen molar-refractivity contribution in [2.45, 2.75) is 19.6 Å². The molecular formula is C16H18BrNO. The predicted molar refractivity (Wildman–Crippen MR) is 82.0 cm³/mol. The highest BCUT2D eigenvalue weighted by Gasteiger charge is 2.06. The molecule has 0 saturated carbocycles. The Morgan fingerprint density at radius 1 is 1.16 bits per heavy atom. The van der Waals surface area contributed by atoms with E-state index in [1.165, 1.54) is 11.1 Å². The fraction of sp³-hybridized carbons (Fsp3) is 0.250. The maximum absolute atomic E-state index is 10.0. The molecule has 0 aliphatic rings. The van der Waals surface area contributed by atoms with E-state index in [0.29, 0.717) is 6.54 Å². The Labute approximate surface area is 122 Å². The molecule has 0 aromatic heterocycles. The molecule has 2 N–H and O–H groups in total. The SMILES string of the molecule is Cc1cc(CNCC(O)c2ccccc2)ccc1Br. The summed E-state index contributed by atoms with van der Waals surface area (Å²) < 4.78 is 1.13. The van der Waals surface area contributed by atoms with Crippen molar-refractivity contribution in [2.75, 3.05) is 6.54 Å². The first-order valence-electron chi connectivity index (χ1n) is 6.35. The second kappa shape index (κ2) is 6.85. The van der Waals surface area contributed by atoms with Crippen molar-refractivity contribution in [3.8, 4) is 0 Å². The maximum atomic E-state index is 10.0. The molecule has 0 heterocycles. The molecule has 0 spiro atoms. The van der Waals surface area contributed by atoms with E-state index >= 15 is 0 Å². The van der Waals surface area contributed by atoms with E-state index in [4.69, 9.17) is 0 Å². The third-order valence-electron chi connectivity index (χ3n) is 3.07.